The molecule has 2 aromatic carbocycles. The van der Waals surface area contributed by atoms with Gasteiger partial charge >= 0.3 is 0 Å². The Balaban J connectivity index is 1.47. The highest BCUT2D eigenvalue weighted by atomic mass is 32.1. The molecular formula is C22H21N5OS. The summed E-state index contributed by atoms with van der Waals surface area (Å²) in [7, 11) is 0. The number of rotatable bonds is 6. The van der Waals surface area contributed by atoms with Crippen molar-refractivity contribution in [3.8, 4) is 10.4 Å². The minimum atomic E-state index is -0.340. The highest BCUT2D eigenvalue weighted by Crippen LogP contribution is 2.30. The van der Waals surface area contributed by atoms with Gasteiger partial charge in [0, 0.05) is 4.88 Å². The van der Waals surface area contributed by atoms with Crippen molar-refractivity contribution < 1.29 is 4.79 Å². The van der Waals surface area contributed by atoms with Crippen LogP contribution < -0.4 is 11.1 Å². The van der Waals surface area contributed by atoms with Crippen molar-refractivity contribution in [3.63, 3.8) is 0 Å². The van der Waals surface area contributed by atoms with Crippen LogP contribution in [0.15, 0.2) is 66.2 Å². The molecular weight excluding hydrogens is 382 g/mol. The Morgan fingerprint density at radius 2 is 1.93 bits per heavy atom. The number of aryl methyl sites for hydroxylation is 1. The molecule has 0 aliphatic heterocycles. The molecule has 0 bridgehead atoms. The number of nitrogens with two attached hydrogens (primary N) is 1. The zero-order valence-electron chi connectivity index (χ0n) is 16.0. The van der Waals surface area contributed by atoms with E-state index in [1.165, 1.54) is 5.56 Å². The zero-order valence-corrected chi connectivity index (χ0v) is 16.8. The first-order valence-corrected chi connectivity index (χ1v) is 10.2. The lowest BCUT2D eigenvalue weighted by molar-refractivity contribution is 0.102. The van der Waals surface area contributed by atoms with Gasteiger partial charge in [-0.25, -0.2) is 4.68 Å². The van der Waals surface area contributed by atoms with Crippen LogP contribution in [0.5, 0.6) is 0 Å². The van der Waals surface area contributed by atoms with Gasteiger partial charge in [0.1, 0.15) is 0 Å². The number of aromatic nitrogens is 3. The van der Waals surface area contributed by atoms with Gasteiger partial charge in [-0.1, -0.05) is 48.5 Å². The van der Waals surface area contributed by atoms with Crippen molar-refractivity contribution in [2.24, 2.45) is 0 Å². The van der Waals surface area contributed by atoms with E-state index in [9.17, 15) is 4.79 Å². The maximum Gasteiger partial charge on any atom is 0.277 e. The second kappa shape index (κ2) is 8.28. The lowest BCUT2D eigenvalue weighted by Gasteiger charge is -2.08. The Morgan fingerprint density at radius 3 is 2.66 bits per heavy atom. The van der Waals surface area contributed by atoms with E-state index in [2.05, 4.69) is 46.8 Å². The fraction of sp³-hybridized carbons (Fsp3) is 0.136. The van der Waals surface area contributed by atoms with Crippen LogP contribution >= 0.6 is 11.3 Å². The number of hydrogen-bond acceptors (Lipinski definition) is 5. The first kappa shape index (κ1) is 18.9. The van der Waals surface area contributed by atoms with Gasteiger partial charge in [-0.2, -0.15) is 0 Å². The van der Waals surface area contributed by atoms with Crippen molar-refractivity contribution in [1.82, 2.24) is 15.0 Å². The summed E-state index contributed by atoms with van der Waals surface area (Å²) >= 11 is 1.63. The van der Waals surface area contributed by atoms with Crippen molar-refractivity contribution in [2.45, 2.75) is 19.9 Å². The Labute approximate surface area is 173 Å². The Kier molecular flexibility index (Phi) is 5.39. The van der Waals surface area contributed by atoms with Crippen LogP contribution in [-0.2, 0) is 13.0 Å². The summed E-state index contributed by atoms with van der Waals surface area (Å²) in [5, 5.41) is 12.9. The van der Waals surface area contributed by atoms with Gasteiger partial charge in [0.2, 0.25) is 0 Å². The second-order valence-electron chi connectivity index (χ2n) is 6.70. The quantitative estimate of drug-likeness (QED) is 0.466. The molecule has 0 spiro atoms. The van der Waals surface area contributed by atoms with Crippen LogP contribution in [0.4, 0.5) is 11.4 Å². The zero-order chi connectivity index (χ0) is 20.2. The topological polar surface area (TPSA) is 85.8 Å². The van der Waals surface area contributed by atoms with E-state index in [1.54, 1.807) is 28.3 Å². The number of carbonyl (C=O) groups excluding carboxylic acids is 1. The predicted octanol–water partition coefficient (Wildman–Crippen LogP) is 4.45. The Hall–Kier alpha value is -3.45. The Bertz CT molecular complexity index is 1120. The second-order valence-corrected chi connectivity index (χ2v) is 7.65. The fourth-order valence-corrected chi connectivity index (χ4v) is 3.72. The molecule has 0 unspecified atom stereocenters. The van der Waals surface area contributed by atoms with Crippen molar-refractivity contribution >= 4 is 28.6 Å². The molecule has 6 nitrogen and oxygen atoms in total. The normalized spacial score (nSPS) is 10.8. The van der Waals surface area contributed by atoms with Gasteiger partial charge in [-0.05, 0) is 46.7 Å². The number of anilines is 2. The summed E-state index contributed by atoms with van der Waals surface area (Å²) in [6.45, 7) is 2.68. The molecule has 2 aromatic heterocycles. The third-order valence-electron chi connectivity index (χ3n) is 4.65. The Morgan fingerprint density at radius 1 is 1.14 bits per heavy atom. The molecule has 0 saturated heterocycles. The van der Waals surface area contributed by atoms with E-state index in [-0.39, 0.29) is 11.6 Å². The third kappa shape index (κ3) is 4.35. The van der Waals surface area contributed by atoms with E-state index in [1.807, 2.05) is 29.6 Å². The number of hydrogen-bond donors (Lipinski definition) is 2. The molecule has 0 fully saturated rings. The summed E-state index contributed by atoms with van der Waals surface area (Å²) < 4.78 is 1.65. The summed E-state index contributed by atoms with van der Waals surface area (Å²) in [4.78, 5) is 13.7. The van der Waals surface area contributed by atoms with Gasteiger partial charge in [-0.3, -0.25) is 4.79 Å². The van der Waals surface area contributed by atoms with Gasteiger partial charge in [0.25, 0.3) is 5.91 Å². The van der Waals surface area contributed by atoms with Crippen molar-refractivity contribution in [2.75, 3.05) is 11.1 Å². The fourth-order valence-electron chi connectivity index (χ4n) is 2.99. The number of benzene rings is 2. The van der Waals surface area contributed by atoms with Crippen LogP contribution in [0.2, 0.25) is 0 Å². The van der Waals surface area contributed by atoms with Crippen LogP contribution in [0.3, 0.4) is 0 Å². The molecule has 4 aromatic rings. The molecule has 0 aliphatic rings. The van der Waals surface area contributed by atoms with Crippen LogP contribution in [0.25, 0.3) is 10.4 Å². The first-order valence-electron chi connectivity index (χ1n) is 9.35. The number of nitrogens with zero attached hydrogens (tertiary/aromatic N) is 3. The molecule has 0 radical (unpaired) electrons. The van der Waals surface area contributed by atoms with Crippen LogP contribution in [0, 0.1) is 0 Å². The third-order valence-corrected chi connectivity index (χ3v) is 5.57. The average molecular weight is 404 g/mol. The molecule has 0 saturated carbocycles. The van der Waals surface area contributed by atoms with Gasteiger partial charge < -0.3 is 11.1 Å². The van der Waals surface area contributed by atoms with E-state index in [0.717, 1.165) is 22.4 Å². The minimum Gasteiger partial charge on any atom is -0.397 e. The number of nitrogen functional groups attached to an aromatic ring is 1. The van der Waals surface area contributed by atoms with Crippen molar-refractivity contribution in [1.29, 1.82) is 0 Å². The number of amides is 1. The van der Waals surface area contributed by atoms with Crippen molar-refractivity contribution in [3.05, 3.63) is 83.0 Å². The standard InChI is InChI=1S/C22H21N5OS/c1-2-15-5-7-16(8-6-15)13-27-14-20(25-26-27)22(28)24-19-12-17(9-10-18(19)23)21-4-3-11-29-21/h3-12,14H,2,13,23H2,1H3,(H,24,28). The predicted molar refractivity (Wildman–Crippen MR) is 117 cm³/mol. The van der Waals surface area contributed by atoms with Gasteiger partial charge in [0.15, 0.2) is 5.69 Å². The number of nitrogens with one attached hydrogen (secondary N) is 1. The molecule has 1 amide bonds. The lowest BCUT2D eigenvalue weighted by Crippen LogP contribution is -2.13. The van der Waals surface area contributed by atoms with E-state index < -0.39 is 0 Å². The largest absolute Gasteiger partial charge is 0.397 e. The lowest BCUT2D eigenvalue weighted by atomic mass is 10.1. The summed E-state index contributed by atoms with van der Waals surface area (Å²) in [6, 6.07) is 18.0. The van der Waals surface area contributed by atoms with E-state index >= 15 is 0 Å². The maximum atomic E-state index is 12.6. The summed E-state index contributed by atoms with van der Waals surface area (Å²) in [6.07, 6.45) is 2.65. The molecule has 4 rings (SSSR count). The molecule has 0 aliphatic carbocycles. The van der Waals surface area contributed by atoms with Gasteiger partial charge in [0.05, 0.1) is 24.1 Å². The van der Waals surface area contributed by atoms with E-state index in [0.29, 0.717) is 17.9 Å². The maximum absolute atomic E-state index is 12.6. The first-order chi connectivity index (χ1) is 14.1. The van der Waals surface area contributed by atoms with Gasteiger partial charge in [-0.15, -0.1) is 16.4 Å². The number of carbonyl (C=O) groups is 1. The molecule has 0 atom stereocenters. The monoisotopic (exact) mass is 403 g/mol. The summed E-state index contributed by atoms with van der Waals surface area (Å²) in [5.74, 6) is -0.340. The average Bonchev–Trinajstić information content (AvgIpc) is 3.42. The smallest absolute Gasteiger partial charge is 0.277 e. The molecule has 146 valence electrons. The number of thiophene rings is 1. The molecule has 29 heavy (non-hydrogen) atoms. The minimum absolute atomic E-state index is 0.246. The van der Waals surface area contributed by atoms with Crippen LogP contribution in [0.1, 0.15) is 28.5 Å². The highest BCUT2D eigenvalue weighted by molar-refractivity contribution is 7.13. The molecule has 3 N–H and O–H groups in total. The van der Waals surface area contributed by atoms with Crippen LogP contribution in [-0.4, -0.2) is 20.9 Å². The molecule has 7 heteroatoms. The van der Waals surface area contributed by atoms with E-state index in [4.69, 9.17) is 5.73 Å². The summed E-state index contributed by atoms with van der Waals surface area (Å²) in [5.41, 5.74) is 10.8. The molecule has 2 heterocycles. The SMILES string of the molecule is CCc1ccc(Cn2cc(C(=O)Nc3cc(-c4cccs4)ccc3N)nn2)cc1. The highest BCUT2D eigenvalue weighted by Gasteiger charge is 2.14.